The summed E-state index contributed by atoms with van der Waals surface area (Å²) in [6.07, 6.45) is 8.79. The van der Waals surface area contributed by atoms with E-state index >= 15 is 0 Å². The first kappa shape index (κ1) is 13.6. The van der Waals surface area contributed by atoms with Crippen molar-refractivity contribution in [2.75, 3.05) is 11.9 Å². The summed E-state index contributed by atoms with van der Waals surface area (Å²) in [7, 11) is 0. The molecule has 2 rings (SSSR count). The molecule has 0 aliphatic rings. The van der Waals surface area contributed by atoms with Gasteiger partial charge in [-0.1, -0.05) is 11.6 Å². The Kier molecular flexibility index (Phi) is 4.93. The minimum Gasteiger partial charge on any atom is -0.362 e. The normalized spacial score (nSPS) is 9.95. The molecule has 98 valence electrons. The van der Waals surface area contributed by atoms with Crippen molar-refractivity contribution in [3.63, 3.8) is 0 Å². The molecule has 0 amide bonds. The number of thiocarbonyl (C=S) groups is 1. The monoisotopic (exact) mass is 294 g/mol. The van der Waals surface area contributed by atoms with Crippen molar-refractivity contribution in [3.8, 4) is 0 Å². The number of anilines is 1. The van der Waals surface area contributed by atoms with Gasteiger partial charge in [0.25, 0.3) is 0 Å². The van der Waals surface area contributed by atoms with Gasteiger partial charge < -0.3 is 10.6 Å². The van der Waals surface area contributed by atoms with Gasteiger partial charge in [0.05, 0.1) is 5.69 Å². The van der Waals surface area contributed by atoms with Gasteiger partial charge in [-0.05, 0) is 12.2 Å². The van der Waals surface area contributed by atoms with Crippen molar-refractivity contribution >= 4 is 34.7 Å². The second kappa shape index (κ2) is 6.91. The number of rotatable bonds is 4. The molecule has 8 heteroatoms. The van der Waals surface area contributed by atoms with Crippen LogP contribution in [0.25, 0.3) is 0 Å². The quantitative estimate of drug-likeness (QED) is 0.827. The first-order valence-corrected chi connectivity index (χ1v) is 6.30. The Morgan fingerprint density at radius 2 is 1.95 bits per heavy atom. The van der Waals surface area contributed by atoms with Gasteiger partial charge in [0.15, 0.2) is 16.1 Å². The Balaban J connectivity index is 1.78. The molecule has 0 bridgehead atoms. The van der Waals surface area contributed by atoms with Crippen molar-refractivity contribution in [1.29, 1.82) is 0 Å². The highest BCUT2D eigenvalue weighted by Gasteiger charge is 2.04. The molecular formula is C11H11ClN6S. The van der Waals surface area contributed by atoms with Gasteiger partial charge in [0, 0.05) is 43.9 Å². The largest absolute Gasteiger partial charge is 0.362 e. The number of nitrogens with one attached hydrogen (secondary N) is 2. The van der Waals surface area contributed by atoms with E-state index in [-0.39, 0.29) is 5.15 Å². The Morgan fingerprint density at radius 3 is 2.68 bits per heavy atom. The molecule has 19 heavy (non-hydrogen) atoms. The minimum atomic E-state index is 0.278. The SMILES string of the molecule is S=C(NCCc1cnccn1)Nc1nccnc1Cl. The maximum Gasteiger partial charge on any atom is 0.172 e. The zero-order valence-corrected chi connectivity index (χ0v) is 11.4. The maximum atomic E-state index is 5.86. The number of hydrogen-bond acceptors (Lipinski definition) is 5. The zero-order valence-electron chi connectivity index (χ0n) is 9.88. The topological polar surface area (TPSA) is 75.6 Å². The van der Waals surface area contributed by atoms with E-state index in [4.69, 9.17) is 23.8 Å². The van der Waals surface area contributed by atoms with Crippen molar-refractivity contribution in [2.45, 2.75) is 6.42 Å². The highest BCUT2D eigenvalue weighted by molar-refractivity contribution is 7.80. The molecule has 2 heterocycles. The molecular weight excluding hydrogens is 284 g/mol. The zero-order chi connectivity index (χ0) is 13.5. The van der Waals surface area contributed by atoms with Crippen LogP contribution in [0.15, 0.2) is 31.0 Å². The van der Waals surface area contributed by atoms with Crippen LogP contribution in [0.1, 0.15) is 5.69 Å². The van der Waals surface area contributed by atoms with Gasteiger partial charge in [0.1, 0.15) is 0 Å². The Hall–Kier alpha value is -1.86. The van der Waals surface area contributed by atoms with E-state index in [0.717, 1.165) is 12.1 Å². The Bertz CT molecular complexity index is 550. The highest BCUT2D eigenvalue weighted by atomic mass is 35.5. The summed E-state index contributed by atoms with van der Waals surface area (Å²) in [5.74, 6) is 0.432. The fourth-order valence-corrected chi connectivity index (χ4v) is 1.67. The summed E-state index contributed by atoms with van der Waals surface area (Å²) in [6, 6.07) is 0. The van der Waals surface area contributed by atoms with Gasteiger partial charge in [-0.3, -0.25) is 9.97 Å². The van der Waals surface area contributed by atoms with Crippen LogP contribution in [0, 0.1) is 0 Å². The van der Waals surface area contributed by atoms with Crippen LogP contribution < -0.4 is 10.6 Å². The van der Waals surface area contributed by atoms with E-state index in [1.807, 2.05) is 0 Å². The molecule has 0 fully saturated rings. The summed E-state index contributed by atoms with van der Waals surface area (Å²) in [6.45, 7) is 0.641. The van der Waals surface area contributed by atoms with Crippen LogP contribution >= 0.6 is 23.8 Å². The molecule has 2 N–H and O–H groups in total. The van der Waals surface area contributed by atoms with Crippen LogP contribution in [-0.2, 0) is 6.42 Å². The van der Waals surface area contributed by atoms with Gasteiger partial charge >= 0.3 is 0 Å². The van der Waals surface area contributed by atoms with Gasteiger partial charge in [0.2, 0.25) is 0 Å². The summed E-state index contributed by atoms with van der Waals surface area (Å²) in [5.41, 5.74) is 0.898. The molecule has 2 aromatic rings. The number of aromatic nitrogens is 4. The second-order valence-electron chi connectivity index (χ2n) is 3.52. The molecule has 0 aromatic carbocycles. The maximum absolute atomic E-state index is 5.86. The lowest BCUT2D eigenvalue weighted by Gasteiger charge is -2.09. The van der Waals surface area contributed by atoms with Crippen molar-refractivity contribution in [2.24, 2.45) is 0 Å². The van der Waals surface area contributed by atoms with Gasteiger partial charge in [-0.25, -0.2) is 9.97 Å². The number of halogens is 1. The van der Waals surface area contributed by atoms with Crippen LogP contribution in [-0.4, -0.2) is 31.6 Å². The van der Waals surface area contributed by atoms with Gasteiger partial charge in [-0.15, -0.1) is 0 Å². The van der Waals surface area contributed by atoms with Crippen LogP contribution in [0.2, 0.25) is 5.15 Å². The lowest BCUT2D eigenvalue weighted by atomic mass is 10.3. The van der Waals surface area contributed by atoms with E-state index < -0.39 is 0 Å². The second-order valence-corrected chi connectivity index (χ2v) is 4.29. The van der Waals surface area contributed by atoms with Gasteiger partial charge in [-0.2, -0.15) is 0 Å². The molecule has 2 aromatic heterocycles. The van der Waals surface area contributed by atoms with E-state index in [0.29, 0.717) is 17.5 Å². The molecule has 0 aliphatic carbocycles. The summed E-state index contributed by atoms with van der Waals surface area (Å²) < 4.78 is 0. The van der Waals surface area contributed by atoms with E-state index in [2.05, 4.69) is 30.6 Å². The molecule has 0 aliphatic heterocycles. The van der Waals surface area contributed by atoms with Crippen molar-refractivity contribution in [3.05, 3.63) is 41.8 Å². The summed E-state index contributed by atoms with van der Waals surface area (Å²) in [4.78, 5) is 16.1. The predicted octanol–water partition coefficient (Wildman–Crippen LogP) is 1.45. The molecule has 0 saturated heterocycles. The number of hydrogen-bond donors (Lipinski definition) is 2. The van der Waals surface area contributed by atoms with Crippen molar-refractivity contribution in [1.82, 2.24) is 25.3 Å². The first-order valence-electron chi connectivity index (χ1n) is 5.52. The molecule has 0 saturated carbocycles. The summed E-state index contributed by atoms with van der Waals surface area (Å²) in [5, 5.41) is 6.62. The Morgan fingerprint density at radius 1 is 1.16 bits per heavy atom. The predicted molar refractivity (Wildman–Crippen MR) is 77.0 cm³/mol. The number of nitrogens with zero attached hydrogens (tertiary/aromatic N) is 4. The third-order valence-corrected chi connectivity index (χ3v) is 2.69. The molecule has 0 atom stereocenters. The van der Waals surface area contributed by atoms with E-state index in [1.165, 1.54) is 12.4 Å². The minimum absolute atomic E-state index is 0.278. The fourth-order valence-electron chi connectivity index (χ4n) is 1.32. The molecule has 0 radical (unpaired) electrons. The van der Waals surface area contributed by atoms with E-state index in [1.54, 1.807) is 18.6 Å². The fraction of sp³-hybridized carbons (Fsp3) is 0.182. The van der Waals surface area contributed by atoms with Crippen LogP contribution in [0.5, 0.6) is 0 Å². The standard InChI is InChI=1S/C11H11ClN6S/c12-9-10(16-6-5-15-9)18-11(19)17-2-1-8-7-13-3-4-14-8/h3-7H,1-2H2,(H2,16,17,18,19). The van der Waals surface area contributed by atoms with Crippen LogP contribution in [0.3, 0.4) is 0 Å². The van der Waals surface area contributed by atoms with Crippen molar-refractivity contribution < 1.29 is 0 Å². The average Bonchev–Trinajstić information content (AvgIpc) is 2.43. The van der Waals surface area contributed by atoms with E-state index in [9.17, 15) is 0 Å². The third-order valence-electron chi connectivity index (χ3n) is 2.17. The first-order chi connectivity index (χ1) is 9.25. The highest BCUT2D eigenvalue weighted by Crippen LogP contribution is 2.13. The lowest BCUT2D eigenvalue weighted by molar-refractivity contribution is 0.839. The lowest BCUT2D eigenvalue weighted by Crippen LogP contribution is -2.30. The molecule has 0 spiro atoms. The summed E-state index contributed by atoms with van der Waals surface area (Å²) >= 11 is 11.0. The Labute approximate surface area is 120 Å². The molecule has 0 unspecified atom stereocenters. The molecule has 6 nitrogen and oxygen atoms in total. The van der Waals surface area contributed by atoms with Crippen LogP contribution in [0.4, 0.5) is 5.82 Å². The average molecular weight is 295 g/mol. The smallest absolute Gasteiger partial charge is 0.172 e. The third kappa shape index (κ3) is 4.38.